The van der Waals surface area contributed by atoms with Crippen LogP contribution in [0.25, 0.3) is 10.9 Å². The first-order valence-corrected chi connectivity index (χ1v) is 9.10. The molecule has 3 aromatic rings. The minimum absolute atomic E-state index is 0.0121. The summed E-state index contributed by atoms with van der Waals surface area (Å²) in [6, 6.07) is 15.4. The van der Waals surface area contributed by atoms with Crippen LogP contribution in [0.4, 0.5) is 0 Å². The highest BCUT2D eigenvalue weighted by molar-refractivity contribution is 5.89. The van der Waals surface area contributed by atoms with Gasteiger partial charge >= 0.3 is 0 Å². The lowest BCUT2D eigenvalue weighted by atomic mass is 10.00. The molecule has 1 amide bonds. The molecule has 5 heteroatoms. The lowest BCUT2D eigenvalue weighted by Gasteiger charge is -2.29. The number of ether oxygens (including phenoxy) is 1. The number of amides is 1. The van der Waals surface area contributed by atoms with E-state index in [4.69, 9.17) is 4.74 Å². The number of para-hydroxylation sites is 1. The van der Waals surface area contributed by atoms with Gasteiger partial charge in [0.1, 0.15) is 12.3 Å². The van der Waals surface area contributed by atoms with Crippen LogP contribution in [0.15, 0.2) is 53.3 Å². The van der Waals surface area contributed by atoms with Gasteiger partial charge in [0.15, 0.2) is 0 Å². The highest BCUT2D eigenvalue weighted by atomic mass is 16.5. The van der Waals surface area contributed by atoms with E-state index in [0.717, 1.165) is 17.4 Å². The van der Waals surface area contributed by atoms with Crippen molar-refractivity contribution in [2.75, 3.05) is 13.7 Å². The summed E-state index contributed by atoms with van der Waals surface area (Å²) in [4.78, 5) is 27.5. The zero-order chi connectivity index (χ0) is 19.0. The number of hydrogen-bond donors (Lipinski definition) is 0. The van der Waals surface area contributed by atoms with E-state index < -0.39 is 0 Å². The molecule has 0 saturated carbocycles. The number of aromatic nitrogens is 1. The third-order valence-electron chi connectivity index (χ3n) is 5.30. The molecule has 0 radical (unpaired) electrons. The summed E-state index contributed by atoms with van der Waals surface area (Å²) in [7, 11) is 1.58. The number of carbonyl (C=O) groups excluding carboxylic acids is 1. The van der Waals surface area contributed by atoms with Crippen molar-refractivity contribution in [3.05, 3.63) is 75.6 Å². The fourth-order valence-electron chi connectivity index (χ4n) is 3.84. The first-order chi connectivity index (χ1) is 13.1. The van der Waals surface area contributed by atoms with Gasteiger partial charge in [0.25, 0.3) is 5.56 Å². The Bertz CT molecular complexity index is 1080. The molecular formula is C22H22N2O3. The molecule has 5 nitrogen and oxygen atoms in total. The molecule has 1 aliphatic heterocycles. The van der Waals surface area contributed by atoms with Crippen LogP contribution in [-0.2, 0) is 24.3 Å². The molecule has 2 aromatic carbocycles. The second-order valence-electron chi connectivity index (χ2n) is 6.94. The van der Waals surface area contributed by atoms with E-state index in [-0.39, 0.29) is 18.0 Å². The van der Waals surface area contributed by atoms with Crippen molar-refractivity contribution in [1.82, 2.24) is 9.47 Å². The highest BCUT2D eigenvalue weighted by Gasteiger charge is 2.22. The van der Waals surface area contributed by atoms with Gasteiger partial charge in [0.2, 0.25) is 5.91 Å². The minimum Gasteiger partial charge on any atom is -0.495 e. The van der Waals surface area contributed by atoms with E-state index in [1.165, 1.54) is 15.7 Å². The molecule has 1 aliphatic rings. The average Bonchev–Trinajstić information content (AvgIpc) is 2.70. The predicted octanol–water partition coefficient (Wildman–Crippen LogP) is 2.90. The average molecular weight is 362 g/mol. The van der Waals surface area contributed by atoms with Crippen LogP contribution in [0.5, 0.6) is 5.75 Å². The van der Waals surface area contributed by atoms with Gasteiger partial charge in [-0.1, -0.05) is 36.4 Å². The van der Waals surface area contributed by atoms with Crippen LogP contribution in [0.2, 0.25) is 0 Å². The van der Waals surface area contributed by atoms with E-state index in [9.17, 15) is 9.59 Å². The van der Waals surface area contributed by atoms with Gasteiger partial charge in [-0.05, 0) is 36.1 Å². The van der Waals surface area contributed by atoms with Crippen molar-refractivity contribution in [3.63, 3.8) is 0 Å². The number of pyridine rings is 1. The monoisotopic (exact) mass is 362 g/mol. The van der Waals surface area contributed by atoms with Crippen LogP contribution in [-0.4, -0.2) is 29.0 Å². The second-order valence-corrected chi connectivity index (χ2v) is 6.94. The largest absolute Gasteiger partial charge is 0.495 e. The molecule has 1 aromatic heterocycles. The van der Waals surface area contributed by atoms with Gasteiger partial charge in [-0.2, -0.15) is 0 Å². The number of rotatable bonds is 3. The summed E-state index contributed by atoms with van der Waals surface area (Å²) >= 11 is 0. The normalized spacial score (nSPS) is 13.5. The van der Waals surface area contributed by atoms with E-state index in [1.54, 1.807) is 13.2 Å². The quantitative estimate of drug-likeness (QED) is 0.720. The Kier molecular flexibility index (Phi) is 4.44. The fourth-order valence-corrected chi connectivity index (χ4v) is 3.84. The Morgan fingerprint density at radius 2 is 1.89 bits per heavy atom. The van der Waals surface area contributed by atoms with E-state index in [1.807, 2.05) is 42.2 Å². The van der Waals surface area contributed by atoms with Crippen molar-refractivity contribution in [2.45, 2.75) is 26.4 Å². The number of fused-ring (bicyclic) bond motifs is 2. The smallest absolute Gasteiger partial charge is 0.251 e. The number of hydrogen-bond acceptors (Lipinski definition) is 3. The number of carbonyl (C=O) groups is 1. The molecule has 0 aliphatic carbocycles. The number of aryl methyl sites for hydroxylation is 1. The van der Waals surface area contributed by atoms with Crippen molar-refractivity contribution < 1.29 is 9.53 Å². The van der Waals surface area contributed by atoms with Crippen LogP contribution in [0, 0.1) is 6.92 Å². The Balaban J connectivity index is 1.70. The molecule has 0 saturated heterocycles. The van der Waals surface area contributed by atoms with Gasteiger partial charge in [-0.3, -0.25) is 14.2 Å². The second kappa shape index (κ2) is 6.91. The maximum absolute atomic E-state index is 13.0. The molecule has 4 rings (SSSR count). The summed E-state index contributed by atoms with van der Waals surface area (Å²) in [5, 5.41) is 0.922. The van der Waals surface area contributed by atoms with Gasteiger partial charge in [-0.25, -0.2) is 0 Å². The molecule has 2 heterocycles. The Morgan fingerprint density at radius 1 is 1.11 bits per heavy atom. The van der Waals surface area contributed by atoms with Crippen LogP contribution >= 0.6 is 0 Å². The SMILES string of the molecule is COc1cccc2c(C)cc(=O)n(CC(=O)N3CCc4ccccc4C3)c12. The topological polar surface area (TPSA) is 51.5 Å². The molecule has 0 unspecified atom stereocenters. The van der Waals surface area contributed by atoms with Crippen LogP contribution in [0.3, 0.4) is 0 Å². The molecule has 27 heavy (non-hydrogen) atoms. The molecule has 0 fully saturated rings. The third kappa shape index (κ3) is 3.10. The third-order valence-corrected chi connectivity index (χ3v) is 5.30. The van der Waals surface area contributed by atoms with Crippen LogP contribution in [0.1, 0.15) is 16.7 Å². The van der Waals surface area contributed by atoms with Crippen molar-refractivity contribution in [2.24, 2.45) is 0 Å². The fraction of sp³-hybridized carbons (Fsp3) is 0.273. The number of benzene rings is 2. The van der Waals surface area contributed by atoms with E-state index in [2.05, 4.69) is 12.1 Å². The van der Waals surface area contributed by atoms with Gasteiger partial charge in [0, 0.05) is 24.5 Å². The highest BCUT2D eigenvalue weighted by Crippen LogP contribution is 2.27. The molecule has 0 atom stereocenters. The first kappa shape index (κ1) is 17.3. The Labute approximate surface area is 157 Å². The summed E-state index contributed by atoms with van der Waals surface area (Å²) in [6.07, 6.45) is 0.842. The van der Waals surface area contributed by atoms with Crippen molar-refractivity contribution in [3.8, 4) is 5.75 Å². The molecular weight excluding hydrogens is 340 g/mol. The van der Waals surface area contributed by atoms with Crippen molar-refractivity contribution >= 4 is 16.8 Å². The van der Waals surface area contributed by atoms with E-state index in [0.29, 0.717) is 24.4 Å². The standard InChI is InChI=1S/C22H22N2O3/c1-15-12-20(25)24(22-18(15)8-5-9-19(22)27-2)14-21(26)23-11-10-16-6-3-4-7-17(16)13-23/h3-9,12H,10-11,13-14H2,1-2H3. The predicted molar refractivity (Wildman–Crippen MR) is 105 cm³/mol. The minimum atomic E-state index is -0.185. The number of methoxy groups -OCH3 is 1. The Morgan fingerprint density at radius 3 is 2.67 bits per heavy atom. The summed E-state index contributed by atoms with van der Waals surface area (Å²) in [5.41, 5.74) is 3.84. The molecule has 138 valence electrons. The lowest BCUT2D eigenvalue weighted by Crippen LogP contribution is -2.39. The van der Waals surface area contributed by atoms with Gasteiger partial charge < -0.3 is 9.64 Å². The van der Waals surface area contributed by atoms with Crippen molar-refractivity contribution in [1.29, 1.82) is 0 Å². The molecule has 0 bridgehead atoms. The maximum atomic E-state index is 13.0. The zero-order valence-electron chi connectivity index (χ0n) is 15.6. The summed E-state index contributed by atoms with van der Waals surface area (Å²) in [6.45, 7) is 3.17. The lowest BCUT2D eigenvalue weighted by molar-refractivity contribution is -0.132. The van der Waals surface area contributed by atoms with Gasteiger partial charge in [-0.15, -0.1) is 0 Å². The summed E-state index contributed by atoms with van der Waals surface area (Å²) in [5.74, 6) is 0.549. The zero-order valence-corrected chi connectivity index (χ0v) is 15.6. The molecule has 0 spiro atoms. The number of nitrogens with zero attached hydrogens (tertiary/aromatic N) is 2. The van der Waals surface area contributed by atoms with Gasteiger partial charge in [0.05, 0.1) is 12.6 Å². The van der Waals surface area contributed by atoms with Crippen LogP contribution < -0.4 is 10.3 Å². The Hall–Kier alpha value is -3.08. The summed E-state index contributed by atoms with van der Waals surface area (Å²) < 4.78 is 7.00. The van der Waals surface area contributed by atoms with E-state index >= 15 is 0 Å². The maximum Gasteiger partial charge on any atom is 0.251 e. The first-order valence-electron chi connectivity index (χ1n) is 9.10. The molecule has 0 N–H and O–H groups in total.